The summed E-state index contributed by atoms with van der Waals surface area (Å²) in [5.74, 6) is 1.27. The third-order valence-corrected chi connectivity index (χ3v) is 5.96. The van der Waals surface area contributed by atoms with Crippen LogP contribution >= 0.6 is 11.8 Å². The number of aryl methyl sites for hydroxylation is 3. The van der Waals surface area contributed by atoms with E-state index in [1.807, 2.05) is 24.5 Å². The van der Waals surface area contributed by atoms with Gasteiger partial charge in [0.2, 0.25) is 0 Å². The minimum Gasteiger partial charge on any atom is -0.450 e. The first kappa shape index (κ1) is 22.9. The molecule has 2 heterocycles. The zero-order valence-electron chi connectivity index (χ0n) is 18.6. The summed E-state index contributed by atoms with van der Waals surface area (Å²) in [5, 5.41) is 1.16. The van der Waals surface area contributed by atoms with Gasteiger partial charge < -0.3 is 15.0 Å². The molecule has 0 fully saturated rings. The van der Waals surface area contributed by atoms with Crippen LogP contribution in [0.3, 0.4) is 0 Å². The van der Waals surface area contributed by atoms with E-state index in [2.05, 4.69) is 55.4 Å². The van der Waals surface area contributed by atoms with Crippen LogP contribution in [0.2, 0.25) is 0 Å². The first-order valence-corrected chi connectivity index (χ1v) is 11.3. The minimum absolute atomic E-state index is 0.285. The number of nitrogens with two attached hydrogens (primary N) is 1. The standard InChI is InChI=1S/C24H30N4O2S/c1-16(2)22-23(31-20-13-17(3)12-18(4)14-20)28(15-19-7-9-26-10-8-19)21(27-22)6-5-11-30-24(25)29/h7-10,12-14,16H,5-6,11,15H2,1-4H3,(H2,25,29). The van der Waals surface area contributed by atoms with E-state index in [9.17, 15) is 4.79 Å². The summed E-state index contributed by atoms with van der Waals surface area (Å²) in [4.78, 5) is 21.3. The van der Waals surface area contributed by atoms with Gasteiger partial charge in [-0.1, -0.05) is 31.7 Å². The largest absolute Gasteiger partial charge is 0.450 e. The lowest BCUT2D eigenvalue weighted by molar-refractivity contribution is 0.155. The molecule has 1 amide bonds. The van der Waals surface area contributed by atoms with Crippen molar-refractivity contribution in [1.29, 1.82) is 0 Å². The SMILES string of the molecule is Cc1cc(C)cc(Sc2c(C(C)C)nc(CCCOC(N)=O)n2Cc2ccncc2)c1. The lowest BCUT2D eigenvalue weighted by atomic mass is 10.1. The molecular weight excluding hydrogens is 408 g/mol. The van der Waals surface area contributed by atoms with E-state index in [1.54, 1.807) is 11.8 Å². The van der Waals surface area contributed by atoms with Crippen molar-refractivity contribution in [2.75, 3.05) is 6.61 Å². The van der Waals surface area contributed by atoms with Crippen molar-refractivity contribution in [2.45, 2.75) is 62.9 Å². The maximum absolute atomic E-state index is 10.9. The van der Waals surface area contributed by atoms with Crippen LogP contribution in [-0.2, 0) is 17.7 Å². The second-order valence-corrected chi connectivity index (χ2v) is 9.07. The molecule has 0 radical (unpaired) electrons. The van der Waals surface area contributed by atoms with Crippen LogP contribution in [0.5, 0.6) is 0 Å². The number of primary amides is 1. The number of hydrogen-bond acceptors (Lipinski definition) is 5. The van der Waals surface area contributed by atoms with Gasteiger partial charge >= 0.3 is 6.09 Å². The number of pyridine rings is 1. The van der Waals surface area contributed by atoms with E-state index in [1.165, 1.54) is 21.6 Å². The summed E-state index contributed by atoms with van der Waals surface area (Å²) in [6.07, 6.45) is 4.25. The molecule has 0 saturated carbocycles. The maximum atomic E-state index is 10.9. The predicted molar refractivity (Wildman–Crippen MR) is 124 cm³/mol. The van der Waals surface area contributed by atoms with Crippen LogP contribution in [-0.4, -0.2) is 27.2 Å². The second kappa shape index (κ2) is 10.5. The third-order valence-electron chi connectivity index (χ3n) is 4.86. The Hall–Kier alpha value is -2.80. The van der Waals surface area contributed by atoms with Crippen LogP contribution < -0.4 is 5.73 Å². The molecule has 0 spiro atoms. The molecule has 0 saturated heterocycles. The van der Waals surface area contributed by atoms with E-state index in [0.29, 0.717) is 19.4 Å². The summed E-state index contributed by atoms with van der Waals surface area (Å²) < 4.78 is 7.21. The van der Waals surface area contributed by atoms with E-state index >= 15 is 0 Å². The topological polar surface area (TPSA) is 83.0 Å². The maximum Gasteiger partial charge on any atom is 0.404 e. The van der Waals surface area contributed by atoms with E-state index in [-0.39, 0.29) is 12.5 Å². The molecule has 6 nitrogen and oxygen atoms in total. The van der Waals surface area contributed by atoms with Gasteiger partial charge in [-0.05, 0) is 67.1 Å². The molecule has 3 rings (SSSR count). The number of carbonyl (C=O) groups is 1. The molecule has 1 aromatic carbocycles. The molecule has 0 bridgehead atoms. The fourth-order valence-corrected chi connectivity index (χ4v) is 4.90. The monoisotopic (exact) mass is 438 g/mol. The Labute approximate surface area is 188 Å². The number of aromatic nitrogens is 3. The van der Waals surface area contributed by atoms with Gasteiger partial charge in [0.05, 0.1) is 12.3 Å². The van der Waals surface area contributed by atoms with Crippen molar-refractivity contribution < 1.29 is 9.53 Å². The lowest BCUT2D eigenvalue weighted by Gasteiger charge is -2.14. The Bertz CT molecular complexity index is 1010. The van der Waals surface area contributed by atoms with Gasteiger partial charge in [0.1, 0.15) is 10.9 Å². The highest BCUT2D eigenvalue weighted by molar-refractivity contribution is 7.99. The first-order chi connectivity index (χ1) is 14.8. The quantitative estimate of drug-likeness (QED) is 0.462. The van der Waals surface area contributed by atoms with Gasteiger partial charge in [0, 0.05) is 30.3 Å². The van der Waals surface area contributed by atoms with Crippen molar-refractivity contribution in [3.8, 4) is 0 Å². The first-order valence-electron chi connectivity index (χ1n) is 10.5. The Morgan fingerprint density at radius 1 is 1.16 bits per heavy atom. The van der Waals surface area contributed by atoms with Crippen molar-refractivity contribution in [3.05, 3.63) is 70.9 Å². The Morgan fingerprint density at radius 2 is 1.84 bits per heavy atom. The molecule has 0 aliphatic rings. The summed E-state index contributed by atoms with van der Waals surface area (Å²) in [6.45, 7) is 9.59. The van der Waals surface area contributed by atoms with Gasteiger partial charge in [-0.25, -0.2) is 9.78 Å². The Morgan fingerprint density at radius 3 is 2.45 bits per heavy atom. The zero-order valence-corrected chi connectivity index (χ0v) is 19.4. The van der Waals surface area contributed by atoms with E-state index in [0.717, 1.165) is 16.5 Å². The highest BCUT2D eigenvalue weighted by Gasteiger charge is 2.21. The number of amides is 1. The predicted octanol–water partition coefficient (Wildman–Crippen LogP) is 5.25. The van der Waals surface area contributed by atoms with Crippen LogP contribution in [0, 0.1) is 13.8 Å². The van der Waals surface area contributed by atoms with E-state index in [4.69, 9.17) is 15.5 Å². The van der Waals surface area contributed by atoms with Crippen LogP contribution in [0.25, 0.3) is 0 Å². The second-order valence-electron chi connectivity index (χ2n) is 8.01. The molecule has 3 aromatic rings. The number of ether oxygens (including phenoxy) is 1. The molecule has 7 heteroatoms. The van der Waals surface area contributed by atoms with Crippen LogP contribution in [0.4, 0.5) is 4.79 Å². The zero-order chi connectivity index (χ0) is 22.4. The van der Waals surface area contributed by atoms with Gasteiger partial charge in [0.15, 0.2) is 0 Å². The normalized spacial score (nSPS) is 11.1. The molecule has 0 aliphatic carbocycles. The highest BCUT2D eigenvalue weighted by Crippen LogP contribution is 2.36. The number of imidazole rings is 1. The highest BCUT2D eigenvalue weighted by atomic mass is 32.2. The molecule has 2 N–H and O–H groups in total. The fourth-order valence-electron chi connectivity index (χ4n) is 3.52. The van der Waals surface area contributed by atoms with Gasteiger partial charge in [-0.2, -0.15) is 0 Å². The summed E-state index contributed by atoms with van der Waals surface area (Å²) in [5.41, 5.74) is 9.84. The Balaban J connectivity index is 1.99. The number of hydrogen-bond donors (Lipinski definition) is 1. The molecule has 31 heavy (non-hydrogen) atoms. The van der Waals surface area contributed by atoms with Gasteiger partial charge in [0.25, 0.3) is 0 Å². The molecule has 0 unspecified atom stereocenters. The summed E-state index contributed by atoms with van der Waals surface area (Å²) in [7, 11) is 0. The Kier molecular flexibility index (Phi) is 7.74. The number of rotatable bonds is 9. The summed E-state index contributed by atoms with van der Waals surface area (Å²) in [6, 6.07) is 10.7. The number of nitrogens with zero attached hydrogens (tertiary/aromatic N) is 3. The van der Waals surface area contributed by atoms with Crippen LogP contribution in [0.1, 0.15) is 54.4 Å². The lowest BCUT2D eigenvalue weighted by Crippen LogP contribution is -2.14. The fraction of sp³-hybridized carbons (Fsp3) is 0.375. The smallest absolute Gasteiger partial charge is 0.404 e. The number of carbonyl (C=O) groups excluding carboxylic acids is 1. The minimum atomic E-state index is -0.742. The number of benzene rings is 1. The molecule has 2 aromatic heterocycles. The average molecular weight is 439 g/mol. The van der Waals surface area contributed by atoms with Crippen molar-refractivity contribution in [3.63, 3.8) is 0 Å². The van der Waals surface area contributed by atoms with Crippen molar-refractivity contribution >= 4 is 17.9 Å². The van der Waals surface area contributed by atoms with Crippen molar-refractivity contribution in [1.82, 2.24) is 14.5 Å². The van der Waals surface area contributed by atoms with E-state index < -0.39 is 6.09 Å². The van der Waals surface area contributed by atoms with Crippen molar-refractivity contribution in [2.24, 2.45) is 5.73 Å². The molecule has 0 atom stereocenters. The molecule has 164 valence electrons. The average Bonchev–Trinajstić information content (AvgIpc) is 3.02. The van der Waals surface area contributed by atoms with Crippen LogP contribution in [0.15, 0.2) is 52.6 Å². The molecular formula is C24H30N4O2S. The summed E-state index contributed by atoms with van der Waals surface area (Å²) >= 11 is 1.76. The third kappa shape index (κ3) is 6.34. The van der Waals surface area contributed by atoms with Gasteiger partial charge in [-0.3, -0.25) is 4.98 Å². The van der Waals surface area contributed by atoms with Gasteiger partial charge in [-0.15, -0.1) is 0 Å². The molecule has 0 aliphatic heterocycles.